The van der Waals surface area contributed by atoms with Gasteiger partial charge in [-0.1, -0.05) is 77.0 Å². The zero-order valence-electron chi connectivity index (χ0n) is 27.4. The van der Waals surface area contributed by atoms with E-state index in [1.54, 1.807) is 12.3 Å². The maximum Gasteiger partial charge on any atom is 0.216 e. The molecule has 3 aromatic heterocycles. The van der Waals surface area contributed by atoms with Gasteiger partial charge in [0.2, 0.25) is 5.71 Å². The molecule has 0 spiro atoms. The summed E-state index contributed by atoms with van der Waals surface area (Å²) in [6.45, 7) is 8.82. The van der Waals surface area contributed by atoms with E-state index in [-0.39, 0.29) is 42.8 Å². The predicted octanol–water partition coefficient (Wildman–Crippen LogP) is 8.90. The van der Waals surface area contributed by atoms with Crippen LogP contribution >= 0.6 is 0 Å². The number of carbonyl (C=O) groups is 1. The van der Waals surface area contributed by atoms with Crippen LogP contribution in [0.5, 0.6) is 0 Å². The van der Waals surface area contributed by atoms with E-state index in [1.165, 1.54) is 12.1 Å². The number of ketones is 1. The molecule has 6 heteroatoms. The Morgan fingerprint density at radius 1 is 1.10 bits per heavy atom. The van der Waals surface area contributed by atoms with Gasteiger partial charge in [0.1, 0.15) is 5.76 Å². The second-order valence-electron chi connectivity index (χ2n) is 11.9. The minimum atomic E-state index is -2.29. The predicted molar refractivity (Wildman–Crippen MR) is 154 cm³/mol. The molecule has 1 aliphatic rings. The summed E-state index contributed by atoms with van der Waals surface area (Å²) in [4.78, 5) is 20.2. The summed E-state index contributed by atoms with van der Waals surface area (Å²) < 4.78 is 37.5. The van der Waals surface area contributed by atoms with Crippen molar-refractivity contribution >= 4 is 27.9 Å². The van der Waals surface area contributed by atoms with Crippen LogP contribution in [0, 0.1) is 23.7 Å². The zero-order chi connectivity index (χ0) is 31.1. The Bertz CT molecular complexity index is 1640. The number of benzene rings is 1. The SMILES string of the molecule is CC(C)(C)C(=O)/C=C(\O)C(C)(C)C.[2H]C([2H])([2H])c1ccc2c(n1)oc1c(-c3cc(C4([2H])CCCC4)ccn3)[c-]ccc12.[Ir]. The van der Waals surface area contributed by atoms with Gasteiger partial charge in [-0.15, -0.1) is 18.2 Å². The Morgan fingerprint density at radius 2 is 1.82 bits per heavy atom. The molecule has 0 aliphatic heterocycles. The summed E-state index contributed by atoms with van der Waals surface area (Å²) in [6, 6.07) is 14.0. The van der Waals surface area contributed by atoms with Crippen LogP contribution in [0.4, 0.5) is 0 Å². The number of aliphatic hydroxyl groups is 1. The Balaban J connectivity index is 0.000000310. The van der Waals surface area contributed by atoms with Crippen molar-refractivity contribution in [1.29, 1.82) is 0 Å². The minimum absolute atomic E-state index is 0. The number of aliphatic hydroxyl groups excluding tert-OH is 1. The summed E-state index contributed by atoms with van der Waals surface area (Å²) >= 11 is 0. The molecule has 0 saturated heterocycles. The number of nitrogens with zero attached hydrogens (tertiary/aromatic N) is 2. The van der Waals surface area contributed by atoms with Crippen molar-refractivity contribution in [2.75, 3.05) is 0 Å². The third-order valence-electron chi connectivity index (χ3n) is 6.71. The number of aromatic nitrogens is 2. The van der Waals surface area contributed by atoms with Crippen LogP contribution in [0.3, 0.4) is 0 Å². The van der Waals surface area contributed by atoms with Crippen LogP contribution in [0.15, 0.2) is 58.8 Å². The van der Waals surface area contributed by atoms with Gasteiger partial charge in [0.05, 0.1) is 5.58 Å². The van der Waals surface area contributed by atoms with Crippen LogP contribution in [-0.2, 0) is 24.9 Å². The summed E-state index contributed by atoms with van der Waals surface area (Å²) in [5.41, 5.74) is 2.46. The van der Waals surface area contributed by atoms with Crippen molar-refractivity contribution in [2.45, 2.75) is 80.0 Å². The van der Waals surface area contributed by atoms with Crippen molar-refractivity contribution < 1.29 is 39.9 Å². The van der Waals surface area contributed by atoms with Crippen molar-refractivity contribution in [3.8, 4) is 11.3 Å². The van der Waals surface area contributed by atoms with Crippen LogP contribution in [0.2, 0.25) is 0 Å². The largest absolute Gasteiger partial charge is 0.512 e. The number of allylic oxidation sites excluding steroid dienone is 2. The molecule has 1 radical (unpaired) electrons. The Kier molecular flexibility index (Phi) is 7.84. The molecule has 1 aliphatic carbocycles. The number of rotatable bonds is 3. The van der Waals surface area contributed by atoms with Gasteiger partial charge in [0.15, 0.2) is 5.78 Å². The van der Waals surface area contributed by atoms with E-state index in [1.807, 2.05) is 65.8 Å². The fourth-order valence-corrected chi connectivity index (χ4v) is 4.25. The molecule has 1 saturated carbocycles. The van der Waals surface area contributed by atoms with E-state index in [9.17, 15) is 9.90 Å². The molecule has 1 fully saturated rings. The first kappa shape index (κ1) is 25.2. The molecule has 3 heterocycles. The van der Waals surface area contributed by atoms with Gasteiger partial charge in [-0.3, -0.25) is 4.79 Å². The molecule has 1 N–H and O–H groups in total. The average Bonchev–Trinajstić information content (AvgIpc) is 3.51. The summed E-state index contributed by atoms with van der Waals surface area (Å²) in [7, 11) is 0. The van der Waals surface area contributed by atoms with Crippen molar-refractivity contribution in [3.63, 3.8) is 0 Å². The fraction of sp³-hybridized carbons (Fsp3) is 0.424. The molecule has 39 heavy (non-hydrogen) atoms. The number of pyridine rings is 2. The summed E-state index contributed by atoms with van der Waals surface area (Å²) in [6.07, 6.45) is 6.93. The van der Waals surface area contributed by atoms with Gasteiger partial charge < -0.3 is 14.5 Å². The van der Waals surface area contributed by atoms with Crippen LogP contribution < -0.4 is 0 Å². The number of hydrogen-bond donors (Lipinski definition) is 1. The maximum absolute atomic E-state index is 11.5. The first-order valence-corrected chi connectivity index (χ1v) is 13.1. The fourth-order valence-electron chi connectivity index (χ4n) is 4.25. The number of fused-ring (bicyclic) bond motifs is 3. The van der Waals surface area contributed by atoms with Crippen LogP contribution in [-0.4, -0.2) is 20.9 Å². The van der Waals surface area contributed by atoms with E-state index in [0.29, 0.717) is 22.6 Å². The van der Waals surface area contributed by atoms with Gasteiger partial charge in [0.25, 0.3) is 0 Å². The van der Waals surface area contributed by atoms with Gasteiger partial charge in [0, 0.05) is 59.8 Å². The van der Waals surface area contributed by atoms with Gasteiger partial charge in [-0.05, 0) is 49.5 Å². The Morgan fingerprint density at radius 3 is 2.46 bits per heavy atom. The summed E-state index contributed by atoms with van der Waals surface area (Å²) in [5, 5.41) is 11.2. The maximum atomic E-state index is 11.5. The van der Waals surface area contributed by atoms with E-state index in [2.05, 4.69) is 16.0 Å². The second kappa shape index (κ2) is 12.1. The number of furan rings is 1. The normalized spacial score (nSPS) is 17.3. The molecular formula is C33H39IrN2O3-. The number of carbonyl (C=O) groups excluding carboxylic acids is 1. The molecule has 0 atom stereocenters. The third-order valence-corrected chi connectivity index (χ3v) is 6.71. The Hall–Kier alpha value is -2.82. The second-order valence-corrected chi connectivity index (χ2v) is 11.9. The van der Waals surface area contributed by atoms with E-state index in [4.69, 9.17) is 9.90 Å². The molecule has 209 valence electrons. The smallest absolute Gasteiger partial charge is 0.216 e. The number of hydrogen-bond acceptors (Lipinski definition) is 5. The summed E-state index contributed by atoms with van der Waals surface area (Å²) in [5.74, 6) is -0.456. The minimum Gasteiger partial charge on any atom is -0.512 e. The van der Waals surface area contributed by atoms with Crippen molar-refractivity contribution in [2.24, 2.45) is 10.8 Å². The molecule has 0 bridgehead atoms. The van der Waals surface area contributed by atoms with Crippen LogP contribution in [0.1, 0.15) is 89.9 Å². The van der Waals surface area contributed by atoms with Gasteiger partial charge in [-0.25, -0.2) is 4.98 Å². The van der Waals surface area contributed by atoms with Crippen LogP contribution in [0.25, 0.3) is 33.3 Å². The zero-order valence-corrected chi connectivity index (χ0v) is 25.8. The third kappa shape index (κ3) is 7.23. The Labute approximate surface area is 251 Å². The van der Waals surface area contributed by atoms with Crippen molar-refractivity contribution in [1.82, 2.24) is 9.97 Å². The molecular weight excluding hydrogens is 665 g/mol. The standard InChI is InChI=1S/C22H19N2O.C11H20O2.Ir/c1-14-9-10-18-17-7-4-8-19(21(17)25-22(18)24-14)20-13-16(11-12-23-20)15-5-2-3-6-15;1-10(2,3)8(12)7-9(13)11(4,5)6;/h4,7,9-13,15H,2-3,5-6H2,1H3;7,12H,1-6H3;/q-1;;/b;8-7-;/i1D3,15D;;. The molecule has 1 aromatic carbocycles. The van der Waals surface area contributed by atoms with E-state index >= 15 is 0 Å². The van der Waals surface area contributed by atoms with Gasteiger partial charge in [-0.2, -0.15) is 0 Å². The molecule has 0 amide bonds. The van der Waals surface area contributed by atoms with E-state index in [0.717, 1.165) is 42.0 Å². The topological polar surface area (TPSA) is 76.2 Å². The first-order valence-electron chi connectivity index (χ1n) is 15.1. The van der Waals surface area contributed by atoms with E-state index < -0.39 is 18.2 Å². The molecule has 0 unspecified atom stereocenters. The molecule has 5 rings (SSSR count). The quantitative estimate of drug-likeness (QED) is 0.131. The average molecular weight is 708 g/mol. The molecule has 4 aromatic rings. The number of aryl methyl sites for hydroxylation is 1. The first-order chi connectivity index (χ1) is 19.4. The molecule has 5 nitrogen and oxygen atoms in total. The van der Waals surface area contributed by atoms with Gasteiger partial charge >= 0.3 is 0 Å². The monoisotopic (exact) mass is 708 g/mol. The van der Waals surface area contributed by atoms with Crippen molar-refractivity contribution in [3.05, 3.63) is 71.8 Å².